The van der Waals surface area contributed by atoms with Gasteiger partial charge in [0.05, 0.1) is 11.8 Å². The van der Waals surface area contributed by atoms with Crippen molar-refractivity contribution in [3.8, 4) is 0 Å². The first kappa shape index (κ1) is 16.4. The fraction of sp³-hybridized carbons (Fsp3) is 0.263. The summed E-state index contributed by atoms with van der Waals surface area (Å²) in [7, 11) is 0. The maximum absolute atomic E-state index is 13.0. The van der Waals surface area contributed by atoms with Gasteiger partial charge in [0.1, 0.15) is 18.0 Å². The Kier molecular flexibility index (Phi) is 4.20. The number of halogens is 1. The van der Waals surface area contributed by atoms with E-state index in [1.54, 1.807) is 12.1 Å². The normalized spacial score (nSPS) is 17.0. The molecule has 1 amide bonds. The molecule has 26 heavy (non-hydrogen) atoms. The van der Waals surface area contributed by atoms with E-state index in [4.69, 9.17) is 5.73 Å². The Balaban J connectivity index is 1.46. The number of anilines is 1. The fourth-order valence-electron chi connectivity index (χ4n) is 3.32. The highest BCUT2D eigenvalue weighted by Crippen LogP contribution is 2.28. The van der Waals surface area contributed by atoms with Crippen LogP contribution in [0.5, 0.6) is 0 Å². The number of nitrogens with two attached hydrogens (primary N) is 1. The minimum atomic E-state index is -0.297. The van der Waals surface area contributed by atoms with Gasteiger partial charge in [-0.2, -0.15) is 0 Å². The van der Waals surface area contributed by atoms with Crippen LogP contribution < -0.4 is 5.73 Å². The van der Waals surface area contributed by atoms with Crippen LogP contribution in [-0.4, -0.2) is 38.8 Å². The second kappa shape index (κ2) is 6.67. The van der Waals surface area contributed by atoms with Crippen molar-refractivity contribution in [1.29, 1.82) is 0 Å². The molecule has 0 unspecified atom stereocenters. The molecule has 2 N–H and O–H groups in total. The summed E-state index contributed by atoms with van der Waals surface area (Å²) in [6.45, 7) is 1.31. The zero-order valence-electron chi connectivity index (χ0n) is 14.1. The lowest BCUT2D eigenvalue weighted by molar-refractivity contribution is -0.129. The first-order chi connectivity index (χ1) is 12.6. The number of rotatable bonds is 3. The average molecular weight is 351 g/mol. The lowest BCUT2D eigenvalue weighted by Gasteiger charge is -2.16. The van der Waals surface area contributed by atoms with E-state index < -0.39 is 0 Å². The zero-order chi connectivity index (χ0) is 18.1. The maximum Gasteiger partial charge on any atom is 0.227 e. The van der Waals surface area contributed by atoms with E-state index in [1.807, 2.05) is 17.0 Å². The molecule has 1 aliphatic heterocycles. The smallest absolute Gasteiger partial charge is 0.227 e. The number of benzene rings is 1. The van der Waals surface area contributed by atoms with Crippen molar-refractivity contribution in [3.63, 3.8) is 0 Å². The molecule has 132 valence electrons. The third kappa shape index (κ3) is 3.20. The van der Waals surface area contributed by atoms with Gasteiger partial charge < -0.3 is 10.6 Å². The van der Waals surface area contributed by atoms with Crippen molar-refractivity contribution in [1.82, 2.24) is 19.9 Å². The molecular formula is C19H18FN5O. The quantitative estimate of drug-likeness (QED) is 0.783. The van der Waals surface area contributed by atoms with Crippen molar-refractivity contribution in [2.75, 3.05) is 18.8 Å². The summed E-state index contributed by atoms with van der Waals surface area (Å²) in [5.41, 5.74) is 8.14. The summed E-state index contributed by atoms with van der Waals surface area (Å²) in [6.07, 6.45) is 2.54. The summed E-state index contributed by atoms with van der Waals surface area (Å²) in [6, 6.07) is 9.87. The average Bonchev–Trinajstić information content (AvgIpc) is 3.14. The molecule has 3 heterocycles. The van der Waals surface area contributed by atoms with E-state index in [0.717, 1.165) is 23.1 Å². The Hall–Kier alpha value is -3.09. The largest absolute Gasteiger partial charge is 0.383 e. The van der Waals surface area contributed by atoms with Crippen LogP contribution in [0.4, 0.5) is 10.2 Å². The monoisotopic (exact) mass is 351 g/mol. The van der Waals surface area contributed by atoms with Gasteiger partial charge in [0.2, 0.25) is 5.91 Å². The van der Waals surface area contributed by atoms with Crippen LogP contribution in [0.3, 0.4) is 0 Å². The van der Waals surface area contributed by atoms with Crippen molar-refractivity contribution in [2.45, 2.75) is 18.8 Å². The van der Waals surface area contributed by atoms with Gasteiger partial charge in [-0.3, -0.25) is 4.79 Å². The third-order valence-electron chi connectivity index (χ3n) is 4.78. The predicted octanol–water partition coefficient (Wildman–Crippen LogP) is 2.30. The van der Waals surface area contributed by atoms with Crippen LogP contribution in [0, 0.1) is 5.82 Å². The van der Waals surface area contributed by atoms with Crippen LogP contribution in [0.1, 0.15) is 23.6 Å². The number of aromatic nitrogens is 3. The molecule has 0 spiro atoms. The summed E-state index contributed by atoms with van der Waals surface area (Å²) in [5, 5.41) is 0.735. The van der Waals surface area contributed by atoms with Crippen molar-refractivity contribution in [3.05, 3.63) is 59.8 Å². The van der Waals surface area contributed by atoms with Gasteiger partial charge in [0, 0.05) is 24.7 Å². The zero-order valence-corrected chi connectivity index (χ0v) is 14.1. The summed E-state index contributed by atoms with van der Waals surface area (Å²) in [4.78, 5) is 27.1. The number of fused-ring (bicyclic) bond motifs is 1. The van der Waals surface area contributed by atoms with E-state index in [0.29, 0.717) is 24.6 Å². The number of hydrogen-bond acceptors (Lipinski definition) is 5. The highest BCUT2D eigenvalue weighted by atomic mass is 19.1. The maximum atomic E-state index is 13.0. The fourth-order valence-corrected chi connectivity index (χ4v) is 3.32. The molecule has 1 aromatic carbocycles. The van der Waals surface area contributed by atoms with E-state index >= 15 is 0 Å². The number of likely N-dealkylation sites (tertiary alicyclic amines) is 1. The van der Waals surface area contributed by atoms with Crippen molar-refractivity contribution < 1.29 is 9.18 Å². The lowest BCUT2D eigenvalue weighted by Crippen LogP contribution is -2.29. The number of hydrogen-bond donors (Lipinski definition) is 1. The molecule has 0 saturated carbocycles. The van der Waals surface area contributed by atoms with Crippen LogP contribution in [0.15, 0.2) is 42.7 Å². The van der Waals surface area contributed by atoms with Gasteiger partial charge in [-0.15, -0.1) is 0 Å². The molecule has 7 heteroatoms. The Morgan fingerprint density at radius 1 is 1.19 bits per heavy atom. The van der Waals surface area contributed by atoms with Crippen molar-refractivity contribution >= 4 is 22.8 Å². The Labute approximate surface area is 149 Å². The molecule has 0 radical (unpaired) electrons. The van der Waals surface area contributed by atoms with Crippen molar-refractivity contribution in [2.24, 2.45) is 0 Å². The van der Waals surface area contributed by atoms with Gasteiger partial charge in [-0.1, -0.05) is 12.1 Å². The van der Waals surface area contributed by atoms with Gasteiger partial charge in [0.25, 0.3) is 0 Å². The van der Waals surface area contributed by atoms with Gasteiger partial charge in [-0.05, 0) is 36.2 Å². The van der Waals surface area contributed by atoms with E-state index in [-0.39, 0.29) is 24.1 Å². The number of pyridine rings is 1. The summed E-state index contributed by atoms with van der Waals surface area (Å²) < 4.78 is 13.0. The third-order valence-corrected chi connectivity index (χ3v) is 4.78. The van der Waals surface area contributed by atoms with E-state index in [1.165, 1.54) is 18.5 Å². The van der Waals surface area contributed by atoms with Crippen LogP contribution in [0.2, 0.25) is 0 Å². The van der Waals surface area contributed by atoms with E-state index in [2.05, 4.69) is 15.0 Å². The molecule has 2 aromatic heterocycles. The van der Waals surface area contributed by atoms with Gasteiger partial charge in [0.15, 0.2) is 5.65 Å². The SMILES string of the molecule is Nc1ncnc2nc([C@@H]3CCN(C(=O)Cc4ccc(F)cc4)C3)ccc12. The van der Waals surface area contributed by atoms with Crippen LogP contribution >= 0.6 is 0 Å². The second-order valence-corrected chi connectivity index (χ2v) is 6.49. The Morgan fingerprint density at radius 2 is 2.00 bits per heavy atom. The Bertz CT molecular complexity index is 960. The lowest BCUT2D eigenvalue weighted by atomic mass is 10.0. The first-order valence-electron chi connectivity index (χ1n) is 8.49. The number of nitrogens with zero attached hydrogens (tertiary/aromatic N) is 4. The highest BCUT2D eigenvalue weighted by Gasteiger charge is 2.28. The molecule has 1 saturated heterocycles. The minimum Gasteiger partial charge on any atom is -0.383 e. The standard InChI is InChI=1S/C19H18FN5O/c20-14-3-1-12(2-4-14)9-17(26)25-8-7-13(10-25)16-6-5-15-18(21)22-11-23-19(15)24-16/h1-6,11,13H,7-10H2,(H2,21,22,23,24)/t13-/m1/s1. The molecule has 0 aliphatic carbocycles. The topological polar surface area (TPSA) is 85.0 Å². The molecule has 4 rings (SSSR count). The molecule has 0 bridgehead atoms. The molecule has 1 fully saturated rings. The van der Waals surface area contributed by atoms with Crippen LogP contribution in [0.25, 0.3) is 11.0 Å². The van der Waals surface area contributed by atoms with E-state index in [9.17, 15) is 9.18 Å². The molecule has 1 atom stereocenters. The molecular weight excluding hydrogens is 333 g/mol. The summed E-state index contributed by atoms with van der Waals surface area (Å²) >= 11 is 0. The number of nitrogen functional groups attached to an aromatic ring is 1. The number of carbonyl (C=O) groups excluding carboxylic acids is 1. The van der Waals surface area contributed by atoms with Gasteiger partial charge >= 0.3 is 0 Å². The highest BCUT2D eigenvalue weighted by molar-refractivity contribution is 5.84. The van der Waals surface area contributed by atoms with Crippen LogP contribution in [-0.2, 0) is 11.2 Å². The number of carbonyl (C=O) groups is 1. The predicted molar refractivity (Wildman–Crippen MR) is 95.8 cm³/mol. The second-order valence-electron chi connectivity index (χ2n) is 6.49. The number of amides is 1. The summed E-state index contributed by atoms with van der Waals surface area (Å²) in [5.74, 6) is 0.338. The molecule has 3 aromatic rings. The first-order valence-corrected chi connectivity index (χ1v) is 8.49. The minimum absolute atomic E-state index is 0.0477. The Morgan fingerprint density at radius 3 is 2.81 bits per heavy atom. The molecule has 6 nitrogen and oxygen atoms in total. The van der Waals surface area contributed by atoms with Gasteiger partial charge in [-0.25, -0.2) is 19.3 Å². The molecule has 1 aliphatic rings.